The second-order valence-electron chi connectivity index (χ2n) is 5.16. The Kier molecular flexibility index (Phi) is 5.09. The van der Waals surface area contributed by atoms with E-state index in [1.807, 2.05) is 0 Å². The number of nitro groups is 1. The lowest BCUT2D eigenvalue weighted by Gasteiger charge is -2.34. The topological polar surface area (TPSA) is 95.8 Å². The SMILES string of the molecule is CC(=O)N1CCN(C(=O)CNc2ccc(F)c([N+](=O)[O-])c2)CC1. The summed E-state index contributed by atoms with van der Waals surface area (Å²) in [5, 5.41) is 13.4. The van der Waals surface area contributed by atoms with Gasteiger partial charge in [-0.3, -0.25) is 19.7 Å². The van der Waals surface area contributed by atoms with Crippen LogP contribution in [0.15, 0.2) is 18.2 Å². The monoisotopic (exact) mass is 324 g/mol. The molecule has 1 fully saturated rings. The minimum Gasteiger partial charge on any atom is -0.376 e. The number of nitro benzene ring substituents is 1. The Morgan fingerprint density at radius 2 is 1.87 bits per heavy atom. The molecule has 124 valence electrons. The van der Waals surface area contributed by atoms with Crippen LogP contribution in [-0.4, -0.2) is 59.3 Å². The summed E-state index contributed by atoms with van der Waals surface area (Å²) < 4.78 is 13.2. The third-order valence-electron chi connectivity index (χ3n) is 3.66. The van der Waals surface area contributed by atoms with E-state index in [2.05, 4.69) is 5.32 Å². The third kappa shape index (κ3) is 4.15. The first-order chi connectivity index (χ1) is 10.9. The first kappa shape index (κ1) is 16.7. The van der Waals surface area contributed by atoms with Crippen molar-refractivity contribution >= 4 is 23.2 Å². The number of halogens is 1. The van der Waals surface area contributed by atoms with Gasteiger partial charge in [0.05, 0.1) is 11.5 Å². The van der Waals surface area contributed by atoms with Gasteiger partial charge in [-0.15, -0.1) is 0 Å². The highest BCUT2D eigenvalue weighted by Crippen LogP contribution is 2.21. The molecule has 1 aliphatic rings. The number of nitrogens with zero attached hydrogens (tertiary/aromatic N) is 3. The van der Waals surface area contributed by atoms with Crippen molar-refractivity contribution in [3.63, 3.8) is 0 Å². The zero-order chi connectivity index (χ0) is 17.0. The molecule has 0 radical (unpaired) electrons. The predicted octanol–water partition coefficient (Wildman–Crippen LogP) is 0.837. The molecule has 1 aromatic rings. The maximum absolute atomic E-state index is 13.2. The molecule has 23 heavy (non-hydrogen) atoms. The van der Waals surface area contributed by atoms with Gasteiger partial charge in [-0.2, -0.15) is 4.39 Å². The summed E-state index contributed by atoms with van der Waals surface area (Å²) in [6.45, 7) is 3.31. The molecule has 8 nitrogen and oxygen atoms in total. The van der Waals surface area contributed by atoms with E-state index in [0.717, 1.165) is 12.1 Å². The summed E-state index contributed by atoms with van der Waals surface area (Å²) in [6, 6.07) is 3.37. The first-order valence-corrected chi connectivity index (χ1v) is 7.09. The molecule has 1 aliphatic heterocycles. The van der Waals surface area contributed by atoms with Gasteiger partial charge in [0.25, 0.3) is 0 Å². The van der Waals surface area contributed by atoms with Gasteiger partial charge >= 0.3 is 5.69 Å². The van der Waals surface area contributed by atoms with E-state index < -0.39 is 16.4 Å². The molecule has 0 saturated carbocycles. The van der Waals surface area contributed by atoms with Crippen LogP contribution < -0.4 is 5.32 Å². The van der Waals surface area contributed by atoms with E-state index in [4.69, 9.17) is 0 Å². The minimum absolute atomic E-state index is 0.0196. The number of nitrogens with one attached hydrogen (secondary N) is 1. The molecule has 0 bridgehead atoms. The van der Waals surface area contributed by atoms with E-state index in [-0.39, 0.29) is 18.4 Å². The molecule has 0 aromatic heterocycles. The van der Waals surface area contributed by atoms with Crippen molar-refractivity contribution in [2.24, 2.45) is 0 Å². The van der Waals surface area contributed by atoms with Crippen LogP contribution >= 0.6 is 0 Å². The van der Waals surface area contributed by atoms with E-state index in [1.165, 1.54) is 13.0 Å². The van der Waals surface area contributed by atoms with Gasteiger partial charge in [-0.05, 0) is 12.1 Å². The van der Waals surface area contributed by atoms with Crippen LogP contribution in [0.1, 0.15) is 6.92 Å². The molecule has 0 aliphatic carbocycles. The van der Waals surface area contributed by atoms with Crippen molar-refractivity contribution in [3.05, 3.63) is 34.1 Å². The number of benzene rings is 1. The smallest absolute Gasteiger partial charge is 0.306 e. The van der Waals surface area contributed by atoms with Gasteiger partial charge in [-0.1, -0.05) is 0 Å². The molecule has 2 rings (SSSR count). The summed E-state index contributed by atoms with van der Waals surface area (Å²) in [7, 11) is 0. The van der Waals surface area contributed by atoms with Gasteiger partial charge in [-0.25, -0.2) is 0 Å². The Hall–Kier alpha value is -2.71. The van der Waals surface area contributed by atoms with Crippen molar-refractivity contribution < 1.29 is 18.9 Å². The Balaban J connectivity index is 1.89. The highest BCUT2D eigenvalue weighted by molar-refractivity contribution is 5.81. The maximum Gasteiger partial charge on any atom is 0.306 e. The molecule has 0 atom stereocenters. The zero-order valence-electron chi connectivity index (χ0n) is 12.6. The van der Waals surface area contributed by atoms with Crippen molar-refractivity contribution in [1.82, 2.24) is 9.80 Å². The Morgan fingerprint density at radius 3 is 2.43 bits per heavy atom. The fourth-order valence-electron chi connectivity index (χ4n) is 2.32. The summed E-state index contributed by atoms with van der Waals surface area (Å²) in [5.74, 6) is -1.12. The highest BCUT2D eigenvalue weighted by atomic mass is 19.1. The van der Waals surface area contributed by atoms with Gasteiger partial charge in [0, 0.05) is 44.9 Å². The first-order valence-electron chi connectivity index (χ1n) is 7.09. The van der Waals surface area contributed by atoms with Gasteiger partial charge in [0.1, 0.15) is 0 Å². The number of anilines is 1. The van der Waals surface area contributed by atoms with Crippen molar-refractivity contribution in [1.29, 1.82) is 0 Å². The van der Waals surface area contributed by atoms with E-state index in [1.54, 1.807) is 9.80 Å². The van der Waals surface area contributed by atoms with Crippen LogP contribution in [0.4, 0.5) is 15.8 Å². The fourth-order valence-corrected chi connectivity index (χ4v) is 2.32. The van der Waals surface area contributed by atoms with E-state index in [9.17, 15) is 24.1 Å². The normalized spacial score (nSPS) is 14.5. The number of amides is 2. The Morgan fingerprint density at radius 1 is 1.26 bits per heavy atom. The predicted molar refractivity (Wildman–Crippen MR) is 80.4 cm³/mol. The maximum atomic E-state index is 13.2. The molecule has 1 saturated heterocycles. The largest absolute Gasteiger partial charge is 0.376 e. The standard InChI is InChI=1S/C14H17FN4O4/c1-10(20)17-4-6-18(7-5-17)14(21)9-16-11-2-3-12(15)13(8-11)19(22)23/h2-3,8,16H,4-7,9H2,1H3. The fraction of sp³-hybridized carbons (Fsp3) is 0.429. The lowest BCUT2D eigenvalue weighted by molar-refractivity contribution is -0.387. The minimum atomic E-state index is -0.924. The average Bonchev–Trinajstić information content (AvgIpc) is 2.53. The number of carbonyl (C=O) groups is 2. The summed E-state index contributed by atoms with van der Waals surface area (Å²) >= 11 is 0. The van der Waals surface area contributed by atoms with Gasteiger partial charge < -0.3 is 15.1 Å². The highest BCUT2D eigenvalue weighted by Gasteiger charge is 2.22. The molecular formula is C14H17FN4O4. The van der Waals surface area contributed by atoms with Crippen LogP contribution in [0.5, 0.6) is 0 Å². The molecule has 2 amide bonds. The zero-order valence-corrected chi connectivity index (χ0v) is 12.6. The lowest BCUT2D eigenvalue weighted by atomic mass is 10.2. The lowest BCUT2D eigenvalue weighted by Crippen LogP contribution is -2.51. The van der Waals surface area contributed by atoms with Crippen LogP contribution in [0.25, 0.3) is 0 Å². The van der Waals surface area contributed by atoms with Crippen LogP contribution in [0, 0.1) is 15.9 Å². The molecule has 0 spiro atoms. The van der Waals surface area contributed by atoms with Crippen molar-refractivity contribution in [3.8, 4) is 0 Å². The van der Waals surface area contributed by atoms with Crippen LogP contribution in [0.2, 0.25) is 0 Å². The second kappa shape index (κ2) is 7.03. The van der Waals surface area contributed by atoms with Gasteiger partial charge in [0.2, 0.25) is 17.6 Å². The third-order valence-corrected chi connectivity index (χ3v) is 3.66. The van der Waals surface area contributed by atoms with E-state index >= 15 is 0 Å². The average molecular weight is 324 g/mol. The number of carbonyl (C=O) groups excluding carboxylic acids is 2. The molecule has 1 N–H and O–H groups in total. The van der Waals surface area contributed by atoms with Crippen LogP contribution in [-0.2, 0) is 9.59 Å². The molecular weight excluding hydrogens is 307 g/mol. The van der Waals surface area contributed by atoms with E-state index in [0.29, 0.717) is 31.9 Å². The molecule has 0 unspecified atom stereocenters. The quantitative estimate of drug-likeness (QED) is 0.654. The number of hydrogen-bond acceptors (Lipinski definition) is 5. The molecule has 1 heterocycles. The Bertz CT molecular complexity index is 629. The summed E-state index contributed by atoms with van der Waals surface area (Å²) in [5.41, 5.74) is -0.341. The Labute approximate surface area is 132 Å². The molecule has 9 heteroatoms. The van der Waals surface area contributed by atoms with Crippen molar-refractivity contribution in [2.45, 2.75) is 6.92 Å². The van der Waals surface area contributed by atoms with Gasteiger partial charge in [0.15, 0.2) is 0 Å². The number of piperazine rings is 1. The van der Waals surface area contributed by atoms with Crippen LogP contribution in [0.3, 0.4) is 0 Å². The van der Waals surface area contributed by atoms with Crippen molar-refractivity contribution in [2.75, 3.05) is 38.0 Å². The number of rotatable bonds is 4. The number of hydrogen-bond donors (Lipinski definition) is 1. The second-order valence-corrected chi connectivity index (χ2v) is 5.16. The molecule has 1 aromatic carbocycles. The summed E-state index contributed by atoms with van der Waals surface area (Å²) in [4.78, 5) is 36.5. The summed E-state index contributed by atoms with van der Waals surface area (Å²) in [6.07, 6.45) is 0.